The van der Waals surface area contributed by atoms with Gasteiger partial charge in [0.25, 0.3) is 0 Å². The fourth-order valence-electron chi connectivity index (χ4n) is 2.01. The Morgan fingerprint density at radius 2 is 2.05 bits per heavy atom. The van der Waals surface area contributed by atoms with Gasteiger partial charge in [-0.05, 0) is 32.0 Å². The van der Waals surface area contributed by atoms with Gasteiger partial charge in [0.05, 0.1) is 12.2 Å². The zero-order chi connectivity index (χ0) is 15.1. The minimum absolute atomic E-state index is 0.00934. The van der Waals surface area contributed by atoms with Crippen molar-refractivity contribution in [3.8, 4) is 11.8 Å². The van der Waals surface area contributed by atoms with E-state index in [4.69, 9.17) is 0 Å². The topological polar surface area (TPSA) is 46.9 Å². The molecule has 1 heterocycles. The summed E-state index contributed by atoms with van der Waals surface area (Å²) < 4.78 is 1.85. The second-order valence-electron chi connectivity index (χ2n) is 4.84. The van der Waals surface area contributed by atoms with Gasteiger partial charge in [-0.25, -0.2) is 0 Å². The van der Waals surface area contributed by atoms with E-state index in [1.165, 1.54) is 0 Å². The molecule has 0 spiro atoms. The summed E-state index contributed by atoms with van der Waals surface area (Å²) in [5.41, 5.74) is 3.00. The fraction of sp³-hybridized carbons (Fsp3) is 0.294. The molecule has 0 bridgehead atoms. The number of carbonyl (C=O) groups excluding carboxylic acids is 1. The highest BCUT2D eigenvalue weighted by Gasteiger charge is 2.04. The van der Waals surface area contributed by atoms with E-state index >= 15 is 0 Å². The Balaban J connectivity index is 1.73. The molecule has 4 heteroatoms. The summed E-state index contributed by atoms with van der Waals surface area (Å²) in [6.07, 6.45) is 0.412. The lowest BCUT2D eigenvalue weighted by Crippen LogP contribution is -2.25. The predicted octanol–water partition coefficient (Wildman–Crippen LogP) is 2.06. The van der Waals surface area contributed by atoms with Crippen LogP contribution in [0, 0.1) is 25.7 Å². The van der Waals surface area contributed by atoms with Gasteiger partial charge in [-0.2, -0.15) is 5.10 Å². The first kappa shape index (κ1) is 14.9. The van der Waals surface area contributed by atoms with Gasteiger partial charge < -0.3 is 5.32 Å². The van der Waals surface area contributed by atoms with Crippen molar-refractivity contribution in [2.75, 3.05) is 6.54 Å². The number of hydrogen-bond donors (Lipinski definition) is 1. The molecule has 1 N–H and O–H groups in total. The third-order valence-corrected chi connectivity index (χ3v) is 3.03. The highest BCUT2D eigenvalue weighted by Crippen LogP contribution is 2.02. The van der Waals surface area contributed by atoms with Crippen LogP contribution >= 0.6 is 0 Å². The standard InChI is InChI=1S/C17H19N3O/c1-14-13-15(2)20(19-14)12-10-17(21)18-11-6-9-16-7-4-3-5-8-16/h3-5,7-8,13H,10-12H2,1-2H3,(H,18,21). The summed E-state index contributed by atoms with van der Waals surface area (Å²) in [5, 5.41) is 7.12. The maximum absolute atomic E-state index is 11.7. The van der Waals surface area contributed by atoms with Gasteiger partial charge in [0, 0.05) is 24.2 Å². The van der Waals surface area contributed by atoms with Crippen molar-refractivity contribution in [1.82, 2.24) is 15.1 Å². The molecular formula is C17H19N3O. The van der Waals surface area contributed by atoms with Crippen LogP contribution in [-0.2, 0) is 11.3 Å². The lowest BCUT2D eigenvalue weighted by Gasteiger charge is -2.04. The number of rotatable bonds is 4. The molecule has 0 fully saturated rings. The van der Waals surface area contributed by atoms with Gasteiger partial charge in [0.15, 0.2) is 0 Å². The first-order valence-corrected chi connectivity index (χ1v) is 6.97. The van der Waals surface area contributed by atoms with Gasteiger partial charge in [0.1, 0.15) is 0 Å². The molecule has 2 rings (SSSR count). The van der Waals surface area contributed by atoms with Crippen molar-refractivity contribution in [1.29, 1.82) is 0 Å². The fourth-order valence-corrected chi connectivity index (χ4v) is 2.01. The first-order valence-electron chi connectivity index (χ1n) is 6.97. The number of amides is 1. The maximum Gasteiger partial charge on any atom is 0.222 e. The van der Waals surface area contributed by atoms with Crippen LogP contribution < -0.4 is 5.32 Å². The molecule has 21 heavy (non-hydrogen) atoms. The maximum atomic E-state index is 11.7. The molecule has 0 saturated carbocycles. The van der Waals surface area contributed by atoms with Crippen LogP contribution in [0.15, 0.2) is 36.4 Å². The second-order valence-corrected chi connectivity index (χ2v) is 4.84. The zero-order valence-electron chi connectivity index (χ0n) is 12.4. The Bertz CT molecular complexity index is 662. The largest absolute Gasteiger partial charge is 0.345 e. The van der Waals surface area contributed by atoms with Gasteiger partial charge >= 0.3 is 0 Å². The number of hydrogen-bond acceptors (Lipinski definition) is 2. The van der Waals surface area contributed by atoms with Crippen molar-refractivity contribution in [3.63, 3.8) is 0 Å². The summed E-state index contributed by atoms with van der Waals surface area (Å²) in [7, 11) is 0. The minimum atomic E-state index is -0.00934. The normalized spacial score (nSPS) is 9.81. The Labute approximate surface area is 125 Å². The van der Waals surface area contributed by atoms with E-state index in [9.17, 15) is 4.79 Å². The number of benzene rings is 1. The third-order valence-electron chi connectivity index (χ3n) is 3.03. The van der Waals surface area contributed by atoms with Gasteiger partial charge in [-0.3, -0.25) is 9.48 Å². The van der Waals surface area contributed by atoms with E-state index in [1.54, 1.807) is 0 Å². The van der Waals surface area contributed by atoms with Gasteiger partial charge in [-0.15, -0.1) is 0 Å². The van der Waals surface area contributed by atoms with Gasteiger partial charge in [0.2, 0.25) is 5.91 Å². The molecule has 2 aromatic rings. The molecule has 0 aliphatic carbocycles. The molecule has 1 aromatic heterocycles. The lowest BCUT2D eigenvalue weighted by molar-refractivity contribution is -0.121. The number of nitrogens with zero attached hydrogens (tertiary/aromatic N) is 2. The summed E-state index contributed by atoms with van der Waals surface area (Å²) in [6.45, 7) is 4.90. The SMILES string of the molecule is Cc1cc(C)n(CCC(=O)NCC#Cc2ccccc2)n1. The summed E-state index contributed by atoms with van der Waals surface area (Å²) in [5.74, 6) is 5.94. The number of aromatic nitrogens is 2. The molecule has 108 valence electrons. The van der Waals surface area contributed by atoms with E-state index < -0.39 is 0 Å². The highest BCUT2D eigenvalue weighted by molar-refractivity contribution is 5.76. The molecule has 1 amide bonds. The zero-order valence-corrected chi connectivity index (χ0v) is 12.4. The Hall–Kier alpha value is -2.54. The van der Waals surface area contributed by atoms with Crippen molar-refractivity contribution in [3.05, 3.63) is 53.3 Å². The van der Waals surface area contributed by atoms with Crippen molar-refractivity contribution in [2.24, 2.45) is 0 Å². The third kappa shape index (κ3) is 4.81. The average molecular weight is 281 g/mol. The van der Waals surface area contributed by atoms with E-state index in [2.05, 4.69) is 22.3 Å². The van der Waals surface area contributed by atoms with Crippen molar-refractivity contribution < 1.29 is 4.79 Å². The number of nitrogens with one attached hydrogen (secondary N) is 1. The van der Waals surface area contributed by atoms with E-state index in [0.29, 0.717) is 19.5 Å². The van der Waals surface area contributed by atoms with Crippen molar-refractivity contribution in [2.45, 2.75) is 26.8 Å². The second kappa shape index (κ2) is 7.30. The van der Waals surface area contributed by atoms with Crippen molar-refractivity contribution >= 4 is 5.91 Å². The lowest BCUT2D eigenvalue weighted by atomic mass is 10.2. The molecule has 0 radical (unpaired) electrons. The van der Waals surface area contributed by atoms with E-state index in [0.717, 1.165) is 17.0 Å². The first-order chi connectivity index (χ1) is 10.1. The number of carbonyl (C=O) groups is 1. The molecule has 0 aliphatic heterocycles. The van der Waals surface area contributed by atoms with E-state index in [1.807, 2.05) is 54.9 Å². The smallest absolute Gasteiger partial charge is 0.222 e. The number of aryl methyl sites for hydroxylation is 3. The predicted molar refractivity (Wildman–Crippen MR) is 82.6 cm³/mol. The molecule has 0 saturated heterocycles. The van der Waals surface area contributed by atoms with Crippen LogP contribution in [0.1, 0.15) is 23.4 Å². The monoisotopic (exact) mass is 281 g/mol. The Morgan fingerprint density at radius 1 is 1.29 bits per heavy atom. The molecule has 4 nitrogen and oxygen atoms in total. The van der Waals surface area contributed by atoms with E-state index in [-0.39, 0.29) is 5.91 Å². The van der Waals surface area contributed by atoms with Crippen LogP contribution in [0.25, 0.3) is 0 Å². The average Bonchev–Trinajstić information content (AvgIpc) is 2.80. The van der Waals surface area contributed by atoms with Crippen LogP contribution in [0.2, 0.25) is 0 Å². The van der Waals surface area contributed by atoms with Crippen LogP contribution in [0.4, 0.5) is 0 Å². The minimum Gasteiger partial charge on any atom is -0.345 e. The van der Waals surface area contributed by atoms with Crippen LogP contribution in [0.3, 0.4) is 0 Å². The molecule has 1 aromatic carbocycles. The summed E-state index contributed by atoms with van der Waals surface area (Å²) >= 11 is 0. The molecule has 0 aliphatic rings. The Morgan fingerprint density at radius 3 is 2.71 bits per heavy atom. The van der Waals surface area contributed by atoms with Gasteiger partial charge in [-0.1, -0.05) is 30.0 Å². The molecule has 0 atom stereocenters. The molecular weight excluding hydrogens is 262 g/mol. The van der Waals surface area contributed by atoms with Crippen LogP contribution in [0.5, 0.6) is 0 Å². The quantitative estimate of drug-likeness (QED) is 0.872. The Kier molecular flexibility index (Phi) is 5.16. The summed E-state index contributed by atoms with van der Waals surface area (Å²) in [6, 6.07) is 11.7. The highest BCUT2D eigenvalue weighted by atomic mass is 16.1. The summed E-state index contributed by atoms with van der Waals surface area (Å²) in [4.78, 5) is 11.7. The molecule has 0 unspecified atom stereocenters. The van der Waals surface area contributed by atoms with Crippen LogP contribution in [-0.4, -0.2) is 22.2 Å².